The predicted molar refractivity (Wildman–Crippen MR) is 109 cm³/mol. The minimum Gasteiger partial charge on any atom is -0.369 e. The van der Waals surface area contributed by atoms with Crippen LogP contribution in [0.5, 0.6) is 0 Å². The highest BCUT2D eigenvalue weighted by Gasteiger charge is 2.25. The molecule has 1 aliphatic rings. The molecule has 1 amide bonds. The van der Waals surface area contributed by atoms with Gasteiger partial charge in [-0.3, -0.25) is 14.5 Å². The maximum absolute atomic E-state index is 12.6. The van der Waals surface area contributed by atoms with E-state index >= 15 is 0 Å². The van der Waals surface area contributed by atoms with Gasteiger partial charge in [-0.1, -0.05) is 6.07 Å². The first-order chi connectivity index (χ1) is 13.5. The van der Waals surface area contributed by atoms with Gasteiger partial charge in [-0.2, -0.15) is 5.26 Å². The monoisotopic (exact) mass is 376 g/mol. The number of rotatable bonds is 5. The summed E-state index contributed by atoms with van der Waals surface area (Å²) >= 11 is 0. The number of Topliss-reactive ketones (excluding diaryl/α,β-unsaturated/α-hetero) is 1. The van der Waals surface area contributed by atoms with Gasteiger partial charge in [0.15, 0.2) is 5.78 Å². The van der Waals surface area contributed by atoms with Crippen molar-refractivity contribution in [3.8, 4) is 6.07 Å². The molecule has 0 bridgehead atoms. The highest BCUT2D eigenvalue weighted by atomic mass is 16.2. The number of anilines is 2. The zero-order valence-electron chi connectivity index (χ0n) is 16.2. The second kappa shape index (κ2) is 8.68. The second-order valence-electron chi connectivity index (χ2n) is 6.98. The average Bonchev–Trinajstić information content (AvgIpc) is 2.73. The minimum absolute atomic E-state index is 0.0662. The largest absolute Gasteiger partial charge is 0.369 e. The van der Waals surface area contributed by atoms with Crippen LogP contribution in [0.1, 0.15) is 29.8 Å². The van der Waals surface area contributed by atoms with E-state index in [1.54, 1.807) is 31.2 Å². The van der Waals surface area contributed by atoms with E-state index in [2.05, 4.69) is 21.2 Å². The molecule has 2 aromatic carbocycles. The van der Waals surface area contributed by atoms with Crippen molar-refractivity contribution in [2.45, 2.75) is 19.9 Å². The van der Waals surface area contributed by atoms with E-state index in [9.17, 15) is 9.59 Å². The van der Waals surface area contributed by atoms with E-state index in [0.717, 1.165) is 31.9 Å². The van der Waals surface area contributed by atoms with Crippen LogP contribution in [0, 0.1) is 11.3 Å². The first-order valence-corrected chi connectivity index (χ1v) is 9.39. The summed E-state index contributed by atoms with van der Waals surface area (Å²) in [7, 11) is 0. The number of nitrogens with zero attached hydrogens (tertiary/aromatic N) is 3. The molecule has 0 unspecified atom stereocenters. The molecular weight excluding hydrogens is 352 g/mol. The Kier molecular flexibility index (Phi) is 6.07. The zero-order valence-corrected chi connectivity index (χ0v) is 16.2. The SMILES string of the molecule is CC(=O)c1ccc(N2CCN([C@H](C)C(=O)Nc3cccc(C#N)c3)CC2)cc1. The van der Waals surface area contributed by atoms with E-state index in [-0.39, 0.29) is 17.7 Å². The number of nitrogens with one attached hydrogen (secondary N) is 1. The summed E-state index contributed by atoms with van der Waals surface area (Å²) in [6, 6.07) is 16.4. The lowest BCUT2D eigenvalue weighted by atomic mass is 10.1. The summed E-state index contributed by atoms with van der Waals surface area (Å²) in [6.07, 6.45) is 0. The number of ketones is 1. The quantitative estimate of drug-likeness (QED) is 0.812. The van der Waals surface area contributed by atoms with Gasteiger partial charge in [0.2, 0.25) is 5.91 Å². The Morgan fingerprint density at radius 2 is 1.75 bits per heavy atom. The number of hydrogen-bond acceptors (Lipinski definition) is 5. The smallest absolute Gasteiger partial charge is 0.241 e. The van der Waals surface area contributed by atoms with Crippen LogP contribution in [0.4, 0.5) is 11.4 Å². The van der Waals surface area contributed by atoms with E-state index < -0.39 is 0 Å². The van der Waals surface area contributed by atoms with E-state index in [4.69, 9.17) is 5.26 Å². The fraction of sp³-hybridized carbons (Fsp3) is 0.318. The Balaban J connectivity index is 1.55. The number of carbonyl (C=O) groups is 2. The van der Waals surface area contributed by atoms with E-state index in [0.29, 0.717) is 16.8 Å². The molecule has 3 rings (SSSR count). The van der Waals surface area contributed by atoms with Gasteiger partial charge in [0.05, 0.1) is 17.7 Å². The molecule has 0 aromatic heterocycles. The first-order valence-electron chi connectivity index (χ1n) is 9.39. The molecule has 1 saturated heterocycles. The van der Waals surface area contributed by atoms with Crippen LogP contribution in [0.15, 0.2) is 48.5 Å². The van der Waals surface area contributed by atoms with Gasteiger partial charge in [0.1, 0.15) is 0 Å². The third-order valence-corrected chi connectivity index (χ3v) is 5.14. The molecule has 1 heterocycles. The summed E-state index contributed by atoms with van der Waals surface area (Å²) in [5, 5.41) is 11.9. The molecule has 6 nitrogen and oxygen atoms in total. The Labute approximate surface area is 165 Å². The van der Waals surface area contributed by atoms with Gasteiger partial charge in [-0.15, -0.1) is 0 Å². The minimum atomic E-state index is -0.256. The molecule has 144 valence electrons. The predicted octanol–water partition coefficient (Wildman–Crippen LogP) is 2.91. The summed E-state index contributed by atoms with van der Waals surface area (Å²) in [4.78, 5) is 28.4. The van der Waals surface area contributed by atoms with Crippen LogP contribution in [0.2, 0.25) is 0 Å². The van der Waals surface area contributed by atoms with Crippen molar-refractivity contribution in [1.29, 1.82) is 5.26 Å². The van der Waals surface area contributed by atoms with Crippen LogP contribution in [-0.2, 0) is 4.79 Å². The summed E-state index contributed by atoms with van der Waals surface area (Å²) < 4.78 is 0. The van der Waals surface area contributed by atoms with Crippen molar-refractivity contribution >= 4 is 23.1 Å². The summed E-state index contributed by atoms with van der Waals surface area (Å²) in [5.41, 5.74) is 2.97. The molecule has 1 atom stereocenters. The molecule has 1 aliphatic heterocycles. The van der Waals surface area contributed by atoms with Crippen molar-refractivity contribution in [3.63, 3.8) is 0 Å². The third kappa shape index (κ3) is 4.56. The maximum Gasteiger partial charge on any atom is 0.241 e. The molecule has 28 heavy (non-hydrogen) atoms. The van der Waals surface area contributed by atoms with Crippen molar-refractivity contribution in [2.24, 2.45) is 0 Å². The number of benzene rings is 2. The molecule has 0 saturated carbocycles. The van der Waals surface area contributed by atoms with Crippen LogP contribution in [0.25, 0.3) is 0 Å². The van der Waals surface area contributed by atoms with Gasteiger partial charge in [-0.25, -0.2) is 0 Å². The molecule has 1 fully saturated rings. The topological polar surface area (TPSA) is 76.4 Å². The lowest BCUT2D eigenvalue weighted by Crippen LogP contribution is -2.52. The molecule has 0 spiro atoms. The van der Waals surface area contributed by atoms with E-state index in [1.807, 2.05) is 31.2 Å². The standard InChI is InChI=1S/C22H24N4O2/c1-16(22(28)24-20-5-3-4-18(14-20)15-23)25-10-12-26(13-11-25)21-8-6-19(7-9-21)17(2)27/h3-9,14,16H,10-13H2,1-2H3,(H,24,28)/t16-/m1/s1. The van der Waals surface area contributed by atoms with Gasteiger partial charge in [0.25, 0.3) is 0 Å². The Bertz CT molecular complexity index is 893. The van der Waals surface area contributed by atoms with Crippen LogP contribution in [0.3, 0.4) is 0 Å². The van der Waals surface area contributed by atoms with E-state index in [1.165, 1.54) is 0 Å². The first kappa shape index (κ1) is 19.6. The summed E-state index contributed by atoms with van der Waals surface area (Å²) in [6.45, 7) is 6.67. The number of carbonyl (C=O) groups excluding carboxylic acids is 2. The van der Waals surface area contributed by atoms with Crippen molar-refractivity contribution in [2.75, 3.05) is 36.4 Å². The molecule has 2 aromatic rings. The van der Waals surface area contributed by atoms with Gasteiger partial charge in [0, 0.05) is 43.1 Å². The number of piperazine rings is 1. The molecule has 0 radical (unpaired) electrons. The fourth-order valence-corrected chi connectivity index (χ4v) is 3.35. The maximum atomic E-state index is 12.6. The highest BCUT2D eigenvalue weighted by Crippen LogP contribution is 2.19. The van der Waals surface area contributed by atoms with Crippen molar-refractivity contribution in [1.82, 2.24) is 4.90 Å². The highest BCUT2D eigenvalue weighted by molar-refractivity contribution is 5.95. The lowest BCUT2D eigenvalue weighted by molar-refractivity contribution is -0.120. The van der Waals surface area contributed by atoms with Crippen molar-refractivity contribution < 1.29 is 9.59 Å². The zero-order chi connectivity index (χ0) is 20.1. The van der Waals surface area contributed by atoms with Crippen LogP contribution in [-0.4, -0.2) is 48.8 Å². The molecule has 6 heteroatoms. The van der Waals surface area contributed by atoms with Crippen LogP contribution < -0.4 is 10.2 Å². The second-order valence-corrected chi connectivity index (χ2v) is 6.98. The Morgan fingerprint density at radius 3 is 2.36 bits per heavy atom. The number of hydrogen-bond donors (Lipinski definition) is 1. The third-order valence-electron chi connectivity index (χ3n) is 5.14. The average molecular weight is 376 g/mol. The number of amides is 1. The van der Waals surface area contributed by atoms with Crippen molar-refractivity contribution in [3.05, 3.63) is 59.7 Å². The molecule has 1 N–H and O–H groups in total. The Hall–Kier alpha value is -3.17. The fourth-order valence-electron chi connectivity index (χ4n) is 3.35. The Morgan fingerprint density at radius 1 is 1.07 bits per heavy atom. The van der Waals surface area contributed by atoms with Crippen LogP contribution >= 0.6 is 0 Å². The molecule has 0 aliphatic carbocycles. The summed E-state index contributed by atoms with van der Waals surface area (Å²) in [5.74, 6) is -0.00846. The lowest BCUT2D eigenvalue weighted by Gasteiger charge is -2.38. The molecular formula is C22H24N4O2. The van der Waals surface area contributed by atoms with Gasteiger partial charge >= 0.3 is 0 Å². The van der Waals surface area contributed by atoms with Gasteiger partial charge in [-0.05, 0) is 56.3 Å². The van der Waals surface area contributed by atoms with Gasteiger partial charge < -0.3 is 10.2 Å². The normalized spacial score (nSPS) is 15.5. The number of nitriles is 1.